The largest absolute Gasteiger partial charge is 0.468 e. The second-order valence-electron chi connectivity index (χ2n) is 8.31. The molecule has 0 aromatic heterocycles. The molecule has 2 atom stereocenters. The van der Waals surface area contributed by atoms with Gasteiger partial charge in [-0.15, -0.1) is 0 Å². The van der Waals surface area contributed by atoms with E-state index in [0.717, 1.165) is 0 Å². The number of amides is 3. The van der Waals surface area contributed by atoms with E-state index in [2.05, 4.69) is 15.4 Å². The second-order valence-corrected chi connectivity index (χ2v) is 8.31. The van der Waals surface area contributed by atoms with Gasteiger partial charge in [-0.25, -0.2) is 4.79 Å². The van der Waals surface area contributed by atoms with E-state index in [1.165, 1.54) is 18.9 Å². The van der Waals surface area contributed by atoms with Crippen molar-refractivity contribution < 1.29 is 28.7 Å². The highest BCUT2D eigenvalue weighted by atomic mass is 16.6. The number of carbonyl (C=O) groups is 4. The van der Waals surface area contributed by atoms with Crippen LogP contribution in [0.1, 0.15) is 53.1 Å². The number of hydrogen-bond acceptors (Lipinski definition) is 6. The van der Waals surface area contributed by atoms with Gasteiger partial charge in [-0.05, 0) is 47.1 Å². The molecular formula is C22H33N3O6. The molecule has 0 saturated heterocycles. The van der Waals surface area contributed by atoms with Gasteiger partial charge in [0.15, 0.2) is 0 Å². The fraction of sp³-hybridized carbons (Fsp3) is 0.545. The number of alkyl carbamates (subject to hydrolysis) is 1. The van der Waals surface area contributed by atoms with Crippen molar-refractivity contribution in [1.29, 1.82) is 0 Å². The van der Waals surface area contributed by atoms with E-state index in [1.807, 2.05) is 0 Å². The molecule has 1 aromatic carbocycles. The molecule has 0 aliphatic rings. The molecule has 9 nitrogen and oxygen atoms in total. The van der Waals surface area contributed by atoms with Crippen LogP contribution < -0.4 is 10.6 Å². The van der Waals surface area contributed by atoms with Gasteiger partial charge in [0.2, 0.25) is 11.8 Å². The highest BCUT2D eigenvalue weighted by molar-refractivity contribution is 5.93. The Kier molecular flexibility index (Phi) is 9.48. The quantitative estimate of drug-likeness (QED) is 0.605. The number of rotatable bonds is 8. The lowest BCUT2D eigenvalue weighted by molar-refractivity contribution is -0.146. The zero-order valence-electron chi connectivity index (χ0n) is 19.2. The predicted octanol–water partition coefficient (Wildman–Crippen LogP) is 2.17. The summed E-state index contributed by atoms with van der Waals surface area (Å²) in [4.78, 5) is 51.3. The highest BCUT2D eigenvalue weighted by Gasteiger charge is 2.36. The smallest absolute Gasteiger partial charge is 0.408 e. The van der Waals surface area contributed by atoms with Gasteiger partial charge in [-0.1, -0.05) is 30.3 Å². The van der Waals surface area contributed by atoms with Crippen LogP contribution in [0.3, 0.4) is 0 Å². The van der Waals surface area contributed by atoms with Crippen molar-refractivity contribution in [3.63, 3.8) is 0 Å². The fourth-order valence-electron chi connectivity index (χ4n) is 2.85. The Balaban J connectivity index is 3.18. The third kappa shape index (κ3) is 8.27. The van der Waals surface area contributed by atoms with Crippen LogP contribution in [0.2, 0.25) is 0 Å². The SMILES string of the molecule is COC(=O)CNC(=O)C(c1ccccc1)N(C(=O)C(C)NC(=O)OC(C)(C)C)C(C)C. The van der Waals surface area contributed by atoms with Gasteiger partial charge in [-0.2, -0.15) is 0 Å². The molecule has 3 amide bonds. The normalized spacial score (nSPS) is 13.0. The van der Waals surface area contributed by atoms with Crippen LogP contribution in [0.25, 0.3) is 0 Å². The molecule has 1 rings (SSSR count). The summed E-state index contributed by atoms with van der Waals surface area (Å²) in [6.07, 6.45) is -0.733. The van der Waals surface area contributed by atoms with E-state index >= 15 is 0 Å². The van der Waals surface area contributed by atoms with Crippen molar-refractivity contribution in [3.8, 4) is 0 Å². The molecule has 1 aromatic rings. The summed E-state index contributed by atoms with van der Waals surface area (Å²) in [5.74, 6) is -1.62. The molecular weight excluding hydrogens is 402 g/mol. The first-order chi connectivity index (χ1) is 14.4. The number of carbonyl (C=O) groups excluding carboxylic acids is 4. The lowest BCUT2D eigenvalue weighted by Gasteiger charge is -2.36. The lowest BCUT2D eigenvalue weighted by Crippen LogP contribution is -2.54. The summed E-state index contributed by atoms with van der Waals surface area (Å²) in [7, 11) is 1.22. The number of benzene rings is 1. The molecule has 31 heavy (non-hydrogen) atoms. The molecule has 0 aliphatic heterocycles. The zero-order chi connectivity index (χ0) is 23.8. The van der Waals surface area contributed by atoms with Crippen molar-refractivity contribution in [2.45, 2.75) is 65.3 Å². The fourth-order valence-corrected chi connectivity index (χ4v) is 2.85. The Morgan fingerprint density at radius 3 is 2.10 bits per heavy atom. The van der Waals surface area contributed by atoms with E-state index in [4.69, 9.17) is 4.74 Å². The van der Waals surface area contributed by atoms with Gasteiger partial charge in [0, 0.05) is 6.04 Å². The third-order valence-electron chi connectivity index (χ3n) is 4.19. The highest BCUT2D eigenvalue weighted by Crippen LogP contribution is 2.24. The maximum absolute atomic E-state index is 13.3. The van der Waals surface area contributed by atoms with Crippen LogP contribution in [0.15, 0.2) is 30.3 Å². The molecule has 0 spiro atoms. The van der Waals surface area contributed by atoms with Gasteiger partial charge >= 0.3 is 12.1 Å². The molecule has 0 saturated carbocycles. The summed E-state index contributed by atoms with van der Waals surface area (Å²) in [5.41, 5.74) is -0.151. The minimum atomic E-state index is -1.01. The number of nitrogens with zero attached hydrogens (tertiary/aromatic N) is 1. The summed E-state index contributed by atoms with van der Waals surface area (Å²) in [6.45, 7) is 9.88. The van der Waals surface area contributed by atoms with Crippen molar-refractivity contribution >= 4 is 23.9 Å². The summed E-state index contributed by atoms with van der Waals surface area (Å²) in [5, 5.41) is 5.03. The van der Waals surface area contributed by atoms with Gasteiger partial charge in [-0.3, -0.25) is 14.4 Å². The molecule has 0 bridgehead atoms. The van der Waals surface area contributed by atoms with Crippen molar-refractivity contribution in [2.75, 3.05) is 13.7 Å². The minimum Gasteiger partial charge on any atom is -0.468 e. The Morgan fingerprint density at radius 2 is 1.61 bits per heavy atom. The van der Waals surface area contributed by atoms with Crippen LogP contribution in [0.5, 0.6) is 0 Å². The van der Waals surface area contributed by atoms with Gasteiger partial charge in [0.1, 0.15) is 24.2 Å². The van der Waals surface area contributed by atoms with Gasteiger partial charge < -0.3 is 25.0 Å². The van der Waals surface area contributed by atoms with Crippen molar-refractivity contribution in [1.82, 2.24) is 15.5 Å². The number of ether oxygens (including phenoxy) is 2. The van der Waals surface area contributed by atoms with Crippen LogP contribution in [-0.2, 0) is 23.9 Å². The zero-order valence-corrected chi connectivity index (χ0v) is 19.2. The molecule has 172 valence electrons. The monoisotopic (exact) mass is 435 g/mol. The first kappa shape index (κ1) is 25.9. The molecule has 9 heteroatoms. The van der Waals surface area contributed by atoms with Crippen LogP contribution in [0.4, 0.5) is 4.79 Å². The number of esters is 1. The number of methoxy groups -OCH3 is 1. The third-order valence-corrected chi connectivity index (χ3v) is 4.19. The molecule has 0 aliphatic carbocycles. The van der Waals surface area contributed by atoms with E-state index in [1.54, 1.807) is 65.0 Å². The number of hydrogen-bond donors (Lipinski definition) is 2. The van der Waals surface area contributed by atoms with Crippen LogP contribution in [0, 0.1) is 0 Å². The molecule has 2 N–H and O–H groups in total. The standard InChI is InChI=1S/C22H33N3O6/c1-14(2)25(20(28)15(3)24-21(29)31-22(4,5)6)18(16-11-9-8-10-12-16)19(27)23-13-17(26)30-7/h8-12,14-15,18H,13H2,1-7H3,(H,23,27)(H,24,29). The van der Waals surface area contributed by atoms with Gasteiger partial charge in [0.25, 0.3) is 0 Å². The number of nitrogens with one attached hydrogen (secondary N) is 2. The van der Waals surface area contributed by atoms with Crippen LogP contribution >= 0.6 is 0 Å². The maximum atomic E-state index is 13.3. The summed E-state index contributed by atoms with van der Waals surface area (Å²) >= 11 is 0. The van der Waals surface area contributed by atoms with E-state index in [0.29, 0.717) is 5.56 Å². The minimum absolute atomic E-state index is 0.329. The second kappa shape index (κ2) is 11.3. The summed E-state index contributed by atoms with van der Waals surface area (Å²) in [6, 6.07) is 6.39. The summed E-state index contributed by atoms with van der Waals surface area (Å²) < 4.78 is 9.78. The first-order valence-corrected chi connectivity index (χ1v) is 10.1. The average Bonchev–Trinajstić information content (AvgIpc) is 2.68. The van der Waals surface area contributed by atoms with Crippen molar-refractivity contribution in [3.05, 3.63) is 35.9 Å². The van der Waals surface area contributed by atoms with Gasteiger partial charge in [0.05, 0.1) is 7.11 Å². The Hall–Kier alpha value is -3.10. The van der Waals surface area contributed by atoms with E-state index in [9.17, 15) is 19.2 Å². The average molecular weight is 436 g/mol. The Morgan fingerprint density at radius 1 is 1.03 bits per heavy atom. The van der Waals surface area contributed by atoms with E-state index in [-0.39, 0.29) is 12.6 Å². The first-order valence-electron chi connectivity index (χ1n) is 10.1. The van der Waals surface area contributed by atoms with Crippen molar-refractivity contribution in [2.24, 2.45) is 0 Å². The molecule has 0 fully saturated rings. The van der Waals surface area contributed by atoms with Crippen LogP contribution in [-0.4, -0.2) is 60.1 Å². The Bertz CT molecular complexity index is 773. The topological polar surface area (TPSA) is 114 Å². The molecule has 0 radical (unpaired) electrons. The molecule has 2 unspecified atom stereocenters. The maximum Gasteiger partial charge on any atom is 0.408 e. The Labute approximate surface area is 183 Å². The lowest BCUT2D eigenvalue weighted by atomic mass is 10.0. The molecule has 0 heterocycles. The van der Waals surface area contributed by atoms with E-state index < -0.39 is 41.6 Å². The predicted molar refractivity (Wildman–Crippen MR) is 115 cm³/mol.